The molecule has 0 atom stereocenters. The molecule has 4 nitrogen and oxygen atoms in total. The quantitative estimate of drug-likeness (QED) is 0.804. The summed E-state index contributed by atoms with van der Waals surface area (Å²) in [6.07, 6.45) is 0.900. The van der Waals surface area contributed by atoms with Crippen LogP contribution in [0.3, 0.4) is 0 Å². The Balaban J connectivity index is 3.03. The number of hydrogen-bond donors (Lipinski definition) is 2. The van der Waals surface area contributed by atoms with Crippen LogP contribution in [-0.4, -0.2) is 22.0 Å². The van der Waals surface area contributed by atoms with Crippen molar-refractivity contribution >= 4 is 10.0 Å². The molecule has 0 unspecified atom stereocenters. The first-order valence-corrected chi connectivity index (χ1v) is 8.15. The molecular formula is C14H24N2O2S. The van der Waals surface area contributed by atoms with Gasteiger partial charge in [-0.2, -0.15) is 0 Å². The van der Waals surface area contributed by atoms with Gasteiger partial charge < -0.3 is 5.32 Å². The van der Waals surface area contributed by atoms with Crippen molar-refractivity contribution in [2.75, 3.05) is 13.6 Å². The topological polar surface area (TPSA) is 58.2 Å². The van der Waals surface area contributed by atoms with Crippen molar-refractivity contribution in [3.8, 4) is 0 Å². The molecule has 1 aromatic carbocycles. The van der Waals surface area contributed by atoms with Gasteiger partial charge in [-0.05, 0) is 42.6 Å². The van der Waals surface area contributed by atoms with Crippen LogP contribution in [0.1, 0.15) is 31.9 Å². The number of nitrogens with one attached hydrogen (secondary N) is 2. The number of rotatable bonds is 7. The van der Waals surface area contributed by atoms with Crippen LogP contribution < -0.4 is 10.0 Å². The van der Waals surface area contributed by atoms with Gasteiger partial charge >= 0.3 is 0 Å². The van der Waals surface area contributed by atoms with Crippen molar-refractivity contribution in [2.24, 2.45) is 5.92 Å². The largest absolute Gasteiger partial charge is 0.316 e. The normalized spacial score (nSPS) is 12.1. The Morgan fingerprint density at radius 2 is 1.89 bits per heavy atom. The van der Waals surface area contributed by atoms with Crippen molar-refractivity contribution in [1.82, 2.24) is 10.0 Å². The summed E-state index contributed by atoms with van der Waals surface area (Å²) in [6, 6.07) is 5.34. The lowest BCUT2D eigenvalue weighted by Crippen LogP contribution is -2.27. The molecule has 0 aromatic heterocycles. The lowest BCUT2D eigenvalue weighted by molar-refractivity contribution is 0.560. The molecule has 0 saturated carbocycles. The molecule has 0 aliphatic rings. The van der Waals surface area contributed by atoms with Gasteiger partial charge in [0.1, 0.15) is 0 Å². The molecule has 108 valence electrons. The molecule has 0 aliphatic carbocycles. The summed E-state index contributed by atoms with van der Waals surface area (Å²) in [4.78, 5) is 0.343. The molecule has 0 spiro atoms. The maximum Gasteiger partial charge on any atom is 0.240 e. The molecule has 0 saturated heterocycles. The molecule has 1 rings (SSSR count). The van der Waals surface area contributed by atoms with Crippen molar-refractivity contribution in [3.05, 3.63) is 29.3 Å². The fourth-order valence-electron chi connectivity index (χ4n) is 1.83. The van der Waals surface area contributed by atoms with Gasteiger partial charge in [-0.1, -0.05) is 26.8 Å². The predicted octanol–water partition coefficient (Wildman–Crippen LogP) is 1.90. The minimum atomic E-state index is -3.40. The van der Waals surface area contributed by atoms with Crippen LogP contribution >= 0.6 is 0 Å². The van der Waals surface area contributed by atoms with Gasteiger partial charge in [0.05, 0.1) is 4.90 Å². The SMILES string of the molecule is CCc1ccc(S(=O)(=O)NCC(C)C)cc1CNC. The van der Waals surface area contributed by atoms with E-state index >= 15 is 0 Å². The number of benzene rings is 1. The van der Waals surface area contributed by atoms with Crippen LogP contribution in [0.25, 0.3) is 0 Å². The molecule has 19 heavy (non-hydrogen) atoms. The van der Waals surface area contributed by atoms with Crippen LogP contribution in [0, 0.1) is 5.92 Å². The van der Waals surface area contributed by atoms with E-state index in [1.807, 2.05) is 27.0 Å². The average Bonchev–Trinajstić information content (AvgIpc) is 2.37. The van der Waals surface area contributed by atoms with Gasteiger partial charge in [0.15, 0.2) is 0 Å². The van der Waals surface area contributed by atoms with Gasteiger partial charge in [-0.15, -0.1) is 0 Å². The molecule has 5 heteroatoms. The summed E-state index contributed by atoms with van der Waals surface area (Å²) in [5.74, 6) is 0.293. The van der Waals surface area contributed by atoms with E-state index in [0.29, 0.717) is 23.9 Å². The number of sulfonamides is 1. The third kappa shape index (κ3) is 4.60. The van der Waals surface area contributed by atoms with E-state index in [1.54, 1.807) is 12.1 Å². The Bertz CT molecular complexity index is 510. The number of aryl methyl sites for hydroxylation is 1. The molecule has 2 N–H and O–H groups in total. The lowest BCUT2D eigenvalue weighted by atomic mass is 10.1. The highest BCUT2D eigenvalue weighted by Crippen LogP contribution is 2.17. The summed E-state index contributed by atoms with van der Waals surface area (Å²) in [7, 11) is -1.54. The average molecular weight is 284 g/mol. The summed E-state index contributed by atoms with van der Waals surface area (Å²) < 4.78 is 27.0. The highest BCUT2D eigenvalue weighted by molar-refractivity contribution is 7.89. The van der Waals surface area contributed by atoms with Gasteiger partial charge in [0.25, 0.3) is 0 Å². The molecule has 0 bridgehead atoms. The van der Waals surface area contributed by atoms with Gasteiger partial charge in [0, 0.05) is 13.1 Å². The summed E-state index contributed by atoms with van der Waals surface area (Å²) in [5, 5.41) is 3.07. The highest BCUT2D eigenvalue weighted by Gasteiger charge is 2.15. The van der Waals surface area contributed by atoms with E-state index < -0.39 is 10.0 Å². The third-order valence-corrected chi connectivity index (χ3v) is 4.34. The van der Waals surface area contributed by atoms with Gasteiger partial charge in [0.2, 0.25) is 10.0 Å². The standard InChI is InChI=1S/C14H24N2O2S/c1-5-12-6-7-14(8-13(12)10-15-4)19(17,18)16-9-11(2)3/h6-8,11,15-16H,5,9-10H2,1-4H3. The minimum Gasteiger partial charge on any atom is -0.316 e. The lowest BCUT2D eigenvalue weighted by Gasteiger charge is -2.12. The fraction of sp³-hybridized carbons (Fsp3) is 0.571. The van der Waals surface area contributed by atoms with Crippen LogP contribution in [0.4, 0.5) is 0 Å². The first-order chi connectivity index (χ1) is 8.90. The van der Waals surface area contributed by atoms with Gasteiger partial charge in [-0.3, -0.25) is 0 Å². The Morgan fingerprint density at radius 1 is 1.21 bits per heavy atom. The zero-order valence-electron chi connectivity index (χ0n) is 12.2. The smallest absolute Gasteiger partial charge is 0.240 e. The van der Waals surface area contributed by atoms with E-state index in [9.17, 15) is 8.42 Å². The maximum atomic E-state index is 12.2. The molecule has 0 radical (unpaired) electrons. The highest BCUT2D eigenvalue weighted by atomic mass is 32.2. The second kappa shape index (κ2) is 7.03. The third-order valence-electron chi connectivity index (χ3n) is 2.92. The first-order valence-electron chi connectivity index (χ1n) is 6.66. The second-order valence-corrected chi connectivity index (χ2v) is 6.83. The summed E-state index contributed by atoms with van der Waals surface area (Å²) in [5.41, 5.74) is 2.22. The second-order valence-electron chi connectivity index (χ2n) is 5.06. The van der Waals surface area contributed by atoms with Crippen LogP contribution in [0.2, 0.25) is 0 Å². The van der Waals surface area contributed by atoms with Crippen LogP contribution in [0.15, 0.2) is 23.1 Å². The molecule has 0 fully saturated rings. The monoisotopic (exact) mass is 284 g/mol. The fourth-order valence-corrected chi connectivity index (χ4v) is 3.09. The molecular weight excluding hydrogens is 260 g/mol. The minimum absolute atomic E-state index is 0.293. The van der Waals surface area contributed by atoms with E-state index in [0.717, 1.165) is 12.0 Å². The summed E-state index contributed by atoms with van der Waals surface area (Å²) >= 11 is 0. The Hall–Kier alpha value is -0.910. The van der Waals surface area contributed by atoms with E-state index in [-0.39, 0.29) is 0 Å². The molecule has 0 heterocycles. The van der Waals surface area contributed by atoms with Crippen LogP contribution in [0.5, 0.6) is 0 Å². The summed E-state index contributed by atoms with van der Waals surface area (Å²) in [6.45, 7) is 7.17. The zero-order chi connectivity index (χ0) is 14.5. The maximum absolute atomic E-state index is 12.2. The van der Waals surface area contributed by atoms with Crippen molar-refractivity contribution in [2.45, 2.75) is 38.6 Å². The molecule has 0 amide bonds. The van der Waals surface area contributed by atoms with Crippen molar-refractivity contribution in [3.63, 3.8) is 0 Å². The van der Waals surface area contributed by atoms with E-state index in [2.05, 4.69) is 17.0 Å². The predicted molar refractivity (Wildman–Crippen MR) is 78.6 cm³/mol. The van der Waals surface area contributed by atoms with Crippen LogP contribution in [-0.2, 0) is 23.0 Å². The van der Waals surface area contributed by atoms with E-state index in [4.69, 9.17) is 0 Å². The number of hydrogen-bond acceptors (Lipinski definition) is 3. The first kappa shape index (κ1) is 16.1. The Morgan fingerprint density at radius 3 is 2.42 bits per heavy atom. The van der Waals surface area contributed by atoms with E-state index in [1.165, 1.54) is 5.56 Å². The van der Waals surface area contributed by atoms with Crippen molar-refractivity contribution < 1.29 is 8.42 Å². The van der Waals surface area contributed by atoms with Crippen molar-refractivity contribution in [1.29, 1.82) is 0 Å². The van der Waals surface area contributed by atoms with Gasteiger partial charge in [-0.25, -0.2) is 13.1 Å². The Labute approximate surface area is 116 Å². The molecule has 1 aromatic rings. The molecule has 0 aliphatic heterocycles. The Kier molecular flexibility index (Phi) is 5.97. The zero-order valence-corrected chi connectivity index (χ0v) is 13.0.